The van der Waals surface area contributed by atoms with Gasteiger partial charge in [-0.05, 0) is 24.5 Å². The number of piperazine rings is 1. The van der Waals surface area contributed by atoms with Crippen LogP contribution in [0.4, 0.5) is 5.69 Å². The molecule has 1 heterocycles. The van der Waals surface area contributed by atoms with Gasteiger partial charge in [0, 0.05) is 11.2 Å². The molecule has 3 rings (SSSR count). The molecule has 1 aromatic rings. The van der Waals surface area contributed by atoms with Crippen LogP contribution in [0.3, 0.4) is 0 Å². The van der Waals surface area contributed by atoms with Crippen LogP contribution in [0.25, 0.3) is 0 Å². The lowest BCUT2D eigenvalue weighted by atomic mass is 9.87. The molecule has 1 aromatic carbocycles. The van der Waals surface area contributed by atoms with Crippen LogP contribution < -0.4 is 16.0 Å². The number of anilines is 1. The van der Waals surface area contributed by atoms with Crippen molar-refractivity contribution < 1.29 is 9.59 Å². The highest BCUT2D eigenvalue weighted by Gasteiger charge is 2.35. The minimum Gasteiger partial charge on any atom is -0.353 e. The van der Waals surface area contributed by atoms with Crippen molar-refractivity contribution in [1.82, 2.24) is 5.32 Å². The molecule has 106 valence electrons. The molecule has 1 aliphatic heterocycles. The lowest BCUT2D eigenvalue weighted by molar-refractivity contribution is -0.130. The molecule has 2 aliphatic rings. The van der Waals surface area contributed by atoms with E-state index < -0.39 is 0 Å². The quantitative estimate of drug-likeness (QED) is 0.784. The lowest BCUT2D eigenvalue weighted by Crippen LogP contribution is -2.52. The van der Waals surface area contributed by atoms with E-state index in [9.17, 15) is 9.59 Å². The molecule has 0 aromatic heterocycles. The molecule has 0 spiro atoms. The standard InChI is InChI=1S/C15H19N3O2/c16-15(7-3-4-8-15)11-5-1-2-6-12(11)18-9-13(19)17-14(20)10-18/h1-2,5-6H,3-4,7-10,16H2,(H,17,19,20). The van der Waals surface area contributed by atoms with Crippen molar-refractivity contribution in [3.05, 3.63) is 29.8 Å². The van der Waals surface area contributed by atoms with Crippen LogP contribution in [0.15, 0.2) is 24.3 Å². The van der Waals surface area contributed by atoms with Crippen molar-refractivity contribution in [2.45, 2.75) is 31.2 Å². The Morgan fingerprint density at radius 3 is 2.30 bits per heavy atom. The molecule has 0 atom stereocenters. The first kappa shape index (κ1) is 13.1. The molecule has 20 heavy (non-hydrogen) atoms. The number of carbonyl (C=O) groups is 2. The van der Waals surface area contributed by atoms with E-state index in [4.69, 9.17) is 5.73 Å². The Hall–Kier alpha value is -1.88. The SMILES string of the molecule is NC1(c2ccccc2N2CC(=O)NC(=O)C2)CCCC1. The third kappa shape index (κ3) is 2.29. The van der Waals surface area contributed by atoms with E-state index in [1.807, 2.05) is 29.2 Å². The van der Waals surface area contributed by atoms with E-state index in [0.717, 1.165) is 36.9 Å². The summed E-state index contributed by atoms with van der Waals surface area (Å²) < 4.78 is 0. The Bertz CT molecular complexity index is 534. The number of hydrogen-bond donors (Lipinski definition) is 2. The smallest absolute Gasteiger partial charge is 0.246 e. The van der Waals surface area contributed by atoms with E-state index in [2.05, 4.69) is 5.32 Å². The number of nitrogens with two attached hydrogens (primary N) is 1. The Kier molecular flexibility index (Phi) is 3.22. The summed E-state index contributed by atoms with van der Waals surface area (Å²) in [6.45, 7) is 0.414. The summed E-state index contributed by atoms with van der Waals surface area (Å²) in [5.74, 6) is -0.512. The molecular formula is C15H19N3O2. The molecule has 0 unspecified atom stereocenters. The zero-order valence-electron chi connectivity index (χ0n) is 11.4. The highest BCUT2D eigenvalue weighted by Crippen LogP contribution is 2.40. The number of imide groups is 1. The Morgan fingerprint density at radius 1 is 1.05 bits per heavy atom. The van der Waals surface area contributed by atoms with Crippen molar-refractivity contribution in [3.8, 4) is 0 Å². The van der Waals surface area contributed by atoms with Gasteiger partial charge in [-0.25, -0.2) is 0 Å². The largest absolute Gasteiger partial charge is 0.353 e. The average molecular weight is 273 g/mol. The van der Waals surface area contributed by atoms with Gasteiger partial charge < -0.3 is 10.6 Å². The third-order valence-electron chi connectivity index (χ3n) is 4.22. The molecule has 1 saturated heterocycles. The summed E-state index contributed by atoms with van der Waals surface area (Å²) >= 11 is 0. The summed E-state index contributed by atoms with van der Waals surface area (Å²) in [6.07, 6.45) is 4.17. The van der Waals surface area contributed by atoms with Crippen molar-refractivity contribution >= 4 is 17.5 Å². The van der Waals surface area contributed by atoms with Gasteiger partial charge in [0.15, 0.2) is 0 Å². The van der Waals surface area contributed by atoms with Crippen LogP contribution >= 0.6 is 0 Å². The number of para-hydroxylation sites is 1. The van der Waals surface area contributed by atoms with Crippen LogP contribution in [-0.2, 0) is 15.1 Å². The molecule has 0 bridgehead atoms. The lowest BCUT2D eigenvalue weighted by Gasteiger charge is -2.34. The first-order chi connectivity index (χ1) is 9.58. The fraction of sp³-hybridized carbons (Fsp3) is 0.467. The summed E-state index contributed by atoms with van der Waals surface area (Å²) in [6, 6.07) is 7.87. The fourth-order valence-electron chi connectivity index (χ4n) is 3.25. The second-order valence-corrected chi connectivity index (χ2v) is 5.71. The predicted octanol–water partition coefficient (Wildman–Crippen LogP) is 0.877. The van der Waals surface area contributed by atoms with Gasteiger partial charge in [0.2, 0.25) is 11.8 Å². The molecule has 2 fully saturated rings. The van der Waals surface area contributed by atoms with E-state index in [1.54, 1.807) is 0 Å². The van der Waals surface area contributed by atoms with E-state index in [0.29, 0.717) is 0 Å². The summed E-state index contributed by atoms with van der Waals surface area (Å²) in [5.41, 5.74) is 8.19. The molecular weight excluding hydrogens is 254 g/mol. The van der Waals surface area contributed by atoms with Crippen LogP contribution in [-0.4, -0.2) is 24.9 Å². The van der Waals surface area contributed by atoms with Gasteiger partial charge in [-0.15, -0.1) is 0 Å². The molecule has 0 radical (unpaired) electrons. The zero-order chi connectivity index (χ0) is 14.2. The summed E-state index contributed by atoms with van der Waals surface area (Å²) in [5, 5.41) is 2.33. The average Bonchev–Trinajstić information content (AvgIpc) is 2.86. The Morgan fingerprint density at radius 2 is 1.65 bits per heavy atom. The number of benzene rings is 1. The Balaban J connectivity index is 1.97. The number of hydrogen-bond acceptors (Lipinski definition) is 4. The molecule has 1 aliphatic carbocycles. The molecule has 3 N–H and O–H groups in total. The van der Waals surface area contributed by atoms with Crippen LogP contribution in [0, 0.1) is 0 Å². The van der Waals surface area contributed by atoms with Gasteiger partial charge >= 0.3 is 0 Å². The van der Waals surface area contributed by atoms with Crippen LogP contribution in [0.5, 0.6) is 0 Å². The number of rotatable bonds is 2. The number of carbonyl (C=O) groups excluding carboxylic acids is 2. The summed E-state index contributed by atoms with van der Waals surface area (Å²) in [7, 11) is 0. The van der Waals surface area contributed by atoms with Gasteiger partial charge in [-0.3, -0.25) is 14.9 Å². The van der Waals surface area contributed by atoms with Gasteiger partial charge in [0.1, 0.15) is 0 Å². The third-order valence-corrected chi connectivity index (χ3v) is 4.22. The van der Waals surface area contributed by atoms with Crippen molar-refractivity contribution in [2.24, 2.45) is 5.73 Å². The second-order valence-electron chi connectivity index (χ2n) is 5.71. The number of amides is 2. The maximum atomic E-state index is 11.6. The molecule has 5 heteroatoms. The zero-order valence-corrected chi connectivity index (χ0v) is 11.4. The van der Waals surface area contributed by atoms with Gasteiger partial charge in [0.05, 0.1) is 13.1 Å². The van der Waals surface area contributed by atoms with Crippen molar-refractivity contribution in [3.63, 3.8) is 0 Å². The van der Waals surface area contributed by atoms with Crippen LogP contribution in [0.2, 0.25) is 0 Å². The molecule has 2 amide bonds. The number of nitrogens with one attached hydrogen (secondary N) is 1. The maximum Gasteiger partial charge on any atom is 0.246 e. The molecule has 1 saturated carbocycles. The van der Waals surface area contributed by atoms with Crippen molar-refractivity contribution in [1.29, 1.82) is 0 Å². The topological polar surface area (TPSA) is 75.4 Å². The monoisotopic (exact) mass is 273 g/mol. The van der Waals surface area contributed by atoms with E-state index >= 15 is 0 Å². The van der Waals surface area contributed by atoms with E-state index in [1.165, 1.54) is 0 Å². The predicted molar refractivity (Wildman–Crippen MR) is 76.1 cm³/mol. The normalized spacial score (nSPS) is 21.9. The van der Waals surface area contributed by atoms with Gasteiger partial charge in [0.25, 0.3) is 0 Å². The first-order valence-electron chi connectivity index (χ1n) is 7.04. The van der Waals surface area contributed by atoms with Gasteiger partial charge in [-0.1, -0.05) is 31.0 Å². The Labute approximate surface area is 118 Å². The second kappa shape index (κ2) is 4.90. The maximum absolute atomic E-state index is 11.6. The van der Waals surface area contributed by atoms with Crippen molar-refractivity contribution in [2.75, 3.05) is 18.0 Å². The number of nitrogens with zero attached hydrogens (tertiary/aromatic N) is 1. The van der Waals surface area contributed by atoms with E-state index in [-0.39, 0.29) is 30.4 Å². The minimum absolute atomic E-state index is 0.207. The fourth-order valence-corrected chi connectivity index (χ4v) is 3.25. The minimum atomic E-state index is -0.326. The summed E-state index contributed by atoms with van der Waals surface area (Å²) in [4.78, 5) is 25.0. The molecule has 5 nitrogen and oxygen atoms in total. The van der Waals surface area contributed by atoms with Crippen LogP contribution in [0.1, 0.15) is 31.2 Å². The first-order valence-corrected chi connectivity index (χ1v) is 7.04. The highest BCUT2D eigenvalue weighted by molar-refractivity contribution is 6.02. The highest BCUT2D eigenvalue weighted by atomic mass is 16.2. The van der Waals surface area contributed by atoms with Gasteiger partial charge in [-0.2, -0.15) is 0 Å².